The minimum absolute atomic E-state index is 0.108. The number of amides is 2. The van der Waals surface area contributed by atoms with Crippen molar-refractivity contribution < 1.29 is 18.0 Å². The molecule has 0 heterocycles. The van der Waals surface area contributed by atoms with Gasteiger partial charge in [-0.15, -0.1) is 0 Å². The van der Waals surface area contributed by atoms with Crippen molar-refractivity contribution in [3.63, 3.8) is 0 Å². The van der Waals surface area contributed by atoms with Gasteiger partial charge in [0.1, 0.15) is 6.04 Å². The van der Waals surface area contributed by atoms with Gasteiger partial charge in [-0.3, -0.25) is 13.9 Å². The smallest absolute Gasteiger partial charge is 0.243 e. The molecule has 0 fully saturated rings. The van der Waals surface area contributed by atoms with Crippen LogP contribution in [0.2, 0.25) is 0 Å². The Hall–Kier alpha value is -3.65. The van der Waals surface area contributed by atoms with Crippen LogP contribution < -0.4 is 9.62 Å². The first-order chi connectivity index (χ1) is 19.6. The van der Waals surface area contributed by atoms with E-state index in [1.54, 1.807) is 17.0 Å². The number of carbonyl (C=O) groups is 2. The lowest BCUT2D eigenvalue weighted by atomic mass is 10.0. The molecule has 0 aliphatic carbocycles. The van der Waals surface area contributed by atoms with Crippen LogP contribution in [-0.2, 0) is 39.0 Å². The summed E-state index contributed by atoms with van der Waals surface area (Å²) in [5, 5.41) is 2.99. The third-order valence-corrected chi connectivity index (χ3v) is 8.40. The number of sulfonamides is 1. The maximum absolute atomic E-state index is 13.9. The quantitative estimate of drug-likeness (QED) is 0.267. The van der Waals surface area contributed by atoms with Crippen molar-refractivity contribution in [2.24, 2.45) is 0 Å². The lowest BCUT2D eigenvalue weighted by Crippen LogP contribution is -2.50. The Morgan fingerprint density at radius 2 is 1.54 bits per heavy atom. The second-order valence-corrected chi connectivity index (χ2v) is 12.3. The summed E-state index contributed by atoms with van der Waals surface area (Å²) in [4.78, 5) is 29.1. The standard InChI is InChI=1S/C33H43N3O4S/c1-5-22-34-33(38)31(24-28-14-8-7-9-15-28)35(25-29-16-11-10-13-26(29)3)32(37)17-12-23-36(41(4,39)40)30-20-18-27(6-2)19-21-30/h7-11,13-16,18-21,31H,5-6,12,17,22-25H2,1-4H3,(H,34,38)/t31-/m0/s1. The molecule has 8 heteroatoms. The molecule has 3 aromatic rings. The SMILES string of the molecule is CCCNC(=O)[C@H](Cc1ccccc1)N(Cc1ccccc1C)C(=O)CCCN(c1ccc(CC)cc1)S(C)(=O)=O. The van der Waals surface area contributed by atoms with Gasteiger partial charge < -0.3 is 10.2 Å². The fourth-order valence-electron chi connectivity index (χ4n) is 4.79. The lowest BCUT2D eigenvalue weighted by Gasteiger charge is -2.32. The summed E-state index contributed by atoms with van der Waals surface area (Å²) in [6.07, 6.45) is 3.64. The van der Waals surface area contributed by atoms with Gasteiger partial charge in [-0.1, -0.05) is 80.6 Å². The van der Waals surface area contributed by atoms with Crippen LogP contribution >= 0.6 is 0 Å². The molecule has 0 spiro atoms. The van der Waals surface area contributed by atoms with Crippen LogP contribution in [0.15, 0.2) is 78.9 Å². The minimum atomic E-state index is -3.55. The molecular formula is C33H43N3O4S. The van der Waals surface area contributed by atoms with Crippen LogP contribution in [0.3, 0.4) is 0 Å². The van der Waals surface area contributed by atoms with Crippen LogP contribution in [0, 0.1) is 6.92 Å². The largest absolute Gasteiger partial charge is 0.354 e. The van der Waals surface area contributed by atoms with Crippen LogP contribution in [-0.4, -0.2) is 50.5 Å². The highest BCUT2D eigenvalue weighted by Crippen LogP contribution is 2.21. The minimum Gasteiger partial charge on any atom is -0.354 e. The number of carbonyl (C=O) groups excluding carboxylic acids is 2. The molecule has 220 valence electrons. The summed E-state index contributed by atoms with van der Waals surface area (Å²) in [6, 6.07) is 24.3. The van der Waals surface area contributed by atoms with Gasteiger partial charge in [0.25, 0.3) is 0 Å². The van der Waals surface area contributed by atoms with Crippen LogP contribution in [0.5, 0.6) is 0 Å². The van der Waals surface area contributed by atoms with E-state index in [-0.39, 0.29) is 31.3 Å². The van der Waals surface area contributed by atoms with Gasteiger partial charge in [-0.05, 0) is 60.6 Å². The fraction of sp³-hybridized carbons (Fsp3) is 0.394. The van der Waals surface area contributed by atoms with Crippen molar-refractivity contribution in [1.82, 2.24) is 10.2 Å². The maximum atomic E-state index is 13.9. The molecule has 0 aromatic heterocycles. The van der Waals surface area contributed by atoms with E-state index in [1.807, 2.05) is 87.5 Å². The summed E-state index contributed by atoms with van der Waals surface area (Å²) in [5.41, 5.74) is 4.67. The zero-order valence-corrected chi connectivity index (χ0v) is 25.5. The molecule has 3 rings (SSSR count). The molecule has 0 aliphatic rings. The number of hydrogen-bond donors (Lipinski definition) is 1. The van der Waals surface area contributed by atoms with Crippen LogP contribution in [0.25, 0.3) is 0 Å². The molecule has 2 amide bonds. The van der Waals surface area contributed by atoms with Gasteiger partial charge in [0.2, 0.25) is 21.8 Å². The van der Waals surface area contributed by atoms with Gasteiger partial charge in [-0.2, -0.15) is 0 Å². The zero-order chi connectivity index (χ0) is 29.8. The van der Waals surface area contributed by atoms with Crippen LogP contribution in [0.1, 0.15) is 55.4 Å². The number of rotatable bonds is 15. The summed E-state index contributed by atoms with van der Waals surface area (Å²) < 4.78 is 26.7. The van der Waals surface area contributed by atoms with Crippen molar-refractivity contribution in [2.45, 2.75) is 65.5 Å². The van der Waals surface area contributed by atoms with Crippen molar-refractivity contribution >= 4 is 27.5 Å². The average Bonchev–Trinajstić information content (AvgIpc) is 2.96. The van der Waals surface area contributed by atoms with Gasteiger partial charge >= 0.3 is 0 Å². The third-order valence-electron chi connectivity index (χ3n) is 7.21. The molecule has 41 heavy (non-hydrogen) atoms. The van der Waals surface area contributed by atoms with E-state index in [0.717, 1.165) is 35.1 Å². The molecule has 0 aliphatic heterocycles. The van der Waals surface area contributed by atoms with E-state index in [0.29, 0.717) is 25.1 Å². The summed E-state index contributed by atoms with van der Waals surface area (Å²) in [7, 11) is -3.55. The number of hydrogen-bond acceptors (Lipinski definition) is 4. The predicted molar refractivity (Wildman–Crippen MR) is 166 cm³/mol. The lowest BCUT2D eigenvalue weighted by molar-refractivity contribution is -0.141. The van der Waals surface area contributed by atoms with Gasteiger partial charge in [0.15, 0.2) is 0 Å². The average molecular weight is 578 g/mol. The van der Waals surface area contributed by atoms with E-state index < -0.39 is 16.1 Å². The first kappa shape index (κ1) is 31.9. The first-order valence-corrected chi connectivity index (χ1v) is 16.2. The van der Waals surface area contributed by atoms with E-state index in [9.17, 15) is 18.0 Å². The number of aryl methyl sites for hydroxylation is 2. The molecule has 1 N–H and O–H groups in total. The normalized spacial score (nSPS) is 12.0. The Morgan fingerprint density at radius 3 is 2.15 bits per heavy atom. The highest BCUT2D eigenvalue weighted by molar-refractivity contribution is 7.92. The molecule has 0 unspecified atom stereocenters. The van der Waals surface area contributed by atoms with E-state index in [2.05, 4.69) is 5.32 Å². The van der Waals surface area contributed by atoms with E-state index in [1.165, 1.54) is 10.6 Å². The molecule has 3 aromatic carbocycles. The second kappa shape index (κ2) is 15.4. The molecule has 0 saturated heterocycles. The Labute approximate surface area is 245 Å². The predicted octanol–water partition coefficient (Wildman–Crippen LogP) is 5.27. The van der Waals surface area contributed by atoms with Gasteiger partial charge in [-0.25, -0.2) is 8.42 Å². The summed E-state index contributed by atoms with van der Waals surface area (Å²) >= 11 is 0. The Kier molecular flexibility index (Phi) is 12.0. The molecule has 7 nitrogen and oxygen atoms in total. The number of anilines is 1. The number of nitrogens with zero attached hydrogens (tertiary/aromatic N) is 2. The topological polar surface area (TPSA) is 86.8 Å². The van der Waals surface area contributed by atoms with E-state index in [4.69, 9.17) is 0 Å². The Balaban J connectivity index is 1.87. The monoisotopic (exact) mass is 577 g/mol. The van der Waals surface area contributed by atoms with Gasteiger partial charge in [0.05, 0.1) is 11.9 Å². The molecule has 0 radical (unpaired) electrons. The first-order valence-electron chi connectivity index (χ1n) is 14.4. The highest BCUT2D eigenvalue weighted by atomic mass is 32.2. The van der Waals surface area contributed by atoms with Gasteiger partial charge in [0, 0.05) is 32.5 Å². The number of nitrogens with one attached hydrogen (secondary N) is 1. The zero-order valence-electron chi connectivity index (χ0n) is 24.7. The highest BCUT2D eigenvalue weighted by Gasteiger charge is 2.30. The third kappa shape index (κ3) is 9.46. The molecule has 1 atom stereocenters. The summed E-state index contributed by atoms with van der Waals surface area (Å²) in [5.74, 6) is -0.373. The second-order valence-electron chi connectivity index (χ2n) is 10.4. The Bertz CT molecular complexity index is 1380. The Morgan fingerprint density at radius 1 is 0.878 bits per heavy atom. The van der Waals surface area contributed by atoms with Crippen molar-refractivity contribution in [3.8, 4) is 0 Å². The molecule has 0 bridgehead atoms. The van der Waals surface area contributed by atoms with Crippen molar-refractivity contribution in [1.29, 1.82) is 0 Å². The van der Waals surface area contributed by atoms with E-state index >= 15 is 0 Å². The van der Waals surface area contributed by atoms with Crippen molar-refractivity contribution in [3.05, 3.63) is 101 Å². The van der Waals surface area contributed by atoms with Crippen LogP contribution in [0.4, 0.5) is 5.69 Å². The fourth-order valence-corrected chi connectivity index (χ4v) is 5.76. The summed E-state index contributed by atoms with van der Waals surface area (Å²) in [6.45, 7) is 7.01. The molecule has 0 saturated carbocycles. The number of benzene rings is 3. The van der Waals surface area contributed by atoms with Crippen molar-refractivity contribution in [2.75, 3.05) is 23.7 Å². The molecular weight excluding hydrogens is 534 g/mol. The maximum Gasteiger partial charge on any atom is 0.243 e.